The average molecular weight is 302 g/mol. The normalized spacial score (nSPS) is 19.2. The fraction of sp³-hybridized carbons (Fsp3) is 0.357. The Hall–Kier alpha value is -2.15. The lowest BCUT2D eigenvalue weighted by molar-refractivity contribution is 0.390. The standard InChI is InChI=1S/C14H14N4O2S/c19-12-6-7-15-13-18(12)16-14(21-13)17-8-2-1-4-10(17)11-5-3-9-20-11/h3,5-7,9-10H,1-2,4,8H2. The Morgan fingerprint density at radius 1 is 1.33 bits per heavy atom. The molecule has 3 aromatic rings. The van der Waals surface area contributed by atoms with Crippen LogP contribution in [-0.2, 0) is 0 Å². The number of nitrogens with zero attached hydrogens (tertiary/aromatic N) is 4. The first-order valence-corrected chi connectivity index (χ1v) is 7.79. The Labute approximate surface area is 124 Å². The number of rotatable bonds is 2. The van der Waals surface area contributed by atoms with Crippen molar-refractivity contribution in [1.29, 1.82) is 0 Å². The molecule has 0 N–H and O–H groups in total. The largest absolute Gasteiger partial charge is 0.467 e. The van der Waals surface area contributed by atoms with Gasteiger partial charge in [0.1, 0.15) is 5.76 Å². The highest BCUT2D eigenvalue weighted by atomic mass is 32.1. The van der Waals surface area contributed by atoms with E-state index in [1.165, 1.54) is 34.5 Å². The van der Waals surface area contributed by atoms with Crippen molar-refractivity contribution in [3.05, 3.63) is 46.8 Å². The minimum atomic E-state index is -0.144. The summed E-state index contributed by atoms with van der Waals surface area (Å²) < 4.78 is 6.94. The highest BCUT2D eigenvalue weighted by molar-refractivity contribution is 7.20. The van der Waals surface area contributed by atoms with E-state index in [0.717, 1.165) is 30.3 Å². The maximum atomic E-state index is 11.8. The lowest BCUT2D eigenvalue weighted by Crippen LogP contribution is -2.33. The van der Waals surface area contributed by atoms with E-state index in [4.69, 9.17) is 4.42 Å². The second-order valence-corrected chi connectivity index (χ2v) is 6.02. The lowest BCUT2D eigenvalue weighted by atomic mass is 10.0. The van der Waals surface area contributed by atoms with Crippen molar-refractivity contribution in [2.24, 2.45) is 0 Å². The van der Waals surface area contributed by atoms with Crippen LogP contribution in [0.15, 0.2) is 39.9 Å². The maximum absolute atomic E-state index is 11.8. The van der Waals surface area contributed by atoms with Crippen molar-refractivity contribution < 1.29 is 4.42 Å². The summed E-state index contributed by atoms with van der Waals surface area (Å²) in [6.45, 7) is 0.917. The number of fused-ring (bicyclic) bond motifs is 1. The van der Waals surface area contributed by atoms with E-state index in [9.17, 15) is 4.79 Å². The molecule has 21 heavy (non-hydrogen) atoms. The van der Waals surface area contributed by atoms with E-state index in [1.807, 2.05) is 12.1 Å². The van der Waals surface area contributed by atoms with Gasteiger partial charge in [0.05, 0.1) is 12.3 Å². The molecule has 0 spiro atoms. The third-order valence-corrected chi connectivity index (χ3v) is 4.74. The molecule has 0 saturated carbocycles. The van der Waals surface area contributed by atoms with Crippen molar-refractivity contribution in [2.75, 3.05) is 11.4 Å². The smallest absolute Gasteiger partial charge is 0.275 e. The summed E-state index contributed by atoms with van der Waals surface area (Å²) in [5.74, 6) is 0.953. The Kier molecular flexibility index (Phi) is 2.99. The molecule has 6 nitrogen and oxygen atoms in total. The zero-order chi connectivity index (χ0) is 14.2. The molecule has 0 amide bonds. The average Bonchev–Trinajstić information content (AvgIpc) is 3.17. The van der Waals surface area contributed by atoms with Crippen LogP contribution in [0, 0.1) is 0 Å². The molecule has 0 bridgehead atoms. The molecule has 0 radical (unpaired) electrons. The van der Waals surface area contributed by atoms with E-state index in [-0.39, 0.29) is 11.6 Å². The van der Waals surface area contributed by atoms with E-state index >= 15 is 0 Å². The van der Waals surface area contributed by atoms with Crippen LogP contribution in [-0.4, -0.2) is 21.1 Å². The van der Waals surface area contributed by atoms with Crippen molar-refractivity contribution >= 4 is 21.4 Å². The Bertz CT molecular complexity index is 808. The first-order chi connectivity index (χ1) is 10.3. The minimum Gasteiger partial charge on any atom is -0.467 e. The molecule has 0 aromatic carbocycles. The molecule has 1 unspecified atom stereocenters. The zero-order valence-electron chi connectivity index (χ0n) is 11.3. The molecule has 1 aliphatic heterocycles. The van der Waals surface area contributed by atoms with Crippen LogP contribution in [0.4, 0.5) is 5.13 Å². The van der Waals surface area contributed by atoms with Gasteiger partial charge in [0, 0.05) is 18.8 Å². The maximum Gasteiger partial charge on any atom is 0.275 e. The van der Waals surface area contributed by atoms with Gasteiger partial charge in [-0.05, 0) is 31.4 Å². The monoisotopic (exact) mass is 302 g/mol. The third kappa shape index (κ3) is 2.13. The van der Waals surface area contributed by atoms with Gasteiger partial charge in [0.2, 0.25) is 10.1 Å². The van der Waals surface area contributed by atoms with Crippen molar-refractivity contribution in [3.63, 3.8) is 0 Å². The molecular weight excluding hydrogens is 288 g/mol. The van der Waals surface area contributed by atoms with E-state index in [0.29, 0.717) is 4.96 Å². The molecule has 1 fully saturated rings. The number of anilines is 1. The summed E-state index contributed by atoms with van der Waals surface area (Å²) in [7, 11) is 0. The first kappa shape index (κ1) is 12.6. The summed E-state index contributed by atoms with van der Waals surface area (Å²) in [4.78, 5) is 18.9. The summed E-state index contributed by atoms with van der Waals surface area (Å²) >= 11 is 1.44. The summed E-state index contributed by atoms with van der Waals surface area (Å²) in [6, 6.07) is 5.52. The zero-order valence-corrected chi connectivity index (χ0v) is 12.1. The third-order valence-electron chi connectivity index (χ3n) is 3.78. The van der Waals surface area contributed by atoms with Crippen LogP contribution >= 0.6 is 11.3 Å². The van der Waals surface area contributed by atoms with E-state index < -0.39 is 0 Å². The van der Waals surface area contributed by atoms with Crippen molar-refractivity contribution in [1.82, 2.24) is 14.6 Å². The van der Waals surface area contributed by atoms with Gasteiger partial charge in [-0.1, -0.05) is 11.3 Å². The molecular formula is C14H14N4O2S. The molecule has 4 heterocycles. The van der Waals surface area contributed by atoms with Crippen LogP contribution in [0.5, 0.6) is 0 Å². The predicted molar refractivity (Wildman–Crippen MR) is 79.8 cm³/mol. The van der Waals surface area contributed by atoms with E-state index in [2.05, 4.69) is 15.0 Å². The minimum absolute atomic E-state index is 0.144. The van der Waals surface area contributed by atoms with Crippen LogP contribution in [0.25, 0.3) is 4.96 Å². The van der Waals surface area contributed by atoms with Crippen LogP contribution in [0.1, 0.15) is 31.1 Å². The predicted octanol–water partition coefficient (Wildman–Crippen LogP) is 2.48. The van der Waals surface area contributed by atoms with Crippen molar-refractivity contribution in [3.8, 4) is 0 Å². The second kappa shape index (κ2) is 5.00. The molecule has 7 heteroatoms. The molecule has 4 rings (SSSR count). The van der Waals surface area contributed by atoms with Gasteiger partial charge in [-0.15, -0.1) is 5.10 Å². The Morgan fingerprint density at radius 2 is 2.29 bits per heavy atom. The summed E-state index contributed by atoms with van der Waals surface area (Å²) in [5, 5.41) is 5.27. The number of piperidine rings is 1. The lowest BCUT2D eigenvalue weighted by Gasteiger charge is -2.33. The molecule has 0 aliphatic carbocycles. The summed E-state index contributed by atoms with van der Waals surface area (Å²) in [5.41, 5.74) is -0.144. The Balaban J connectivity index is 1.78. The number of hydrogen-bond acceptors (Lipinski definition) is 6. The molecule has 1 aliphatic rings. The van der Waals surface area contributed by atoms with Crippen LogP contribution in [0.2, 0.25) is 0 Å². The number of aromatic nitrogens is 3. The van der Waals surface area contributed by atoms with Crippen LogP contribution in [0.3, 0.4) is 0 Å². The molecule has 1 saturated heterocycles. The van der Waals surface area contributed by atoms with Gasteiger partial charge in [0.15, 0.2) is 0 Å². The molecule has 3 aromatic heterocycles. The van der Waals surface area contributed by atoms with Gasteiger partial charge < -0.3 is 9.32 Å². The highest BCUT2D eigenvalue weighted by Crippen LogP contribution is 2.36. The Morgan fingerprint density at radius 3 is 3.10 bits per heavy atom. The van der Waals surface area contributed by atoms with Crippen LogP contribution < -0.4 is 10.5 Å². The van der Waals surface area contributed by atoms with E-state index in [1.54, 1.807) is 6.26 Å². The van der Waals surface area contributed by atoms with Gasteiger partial charge in [-0.25, -0.2) is 4.98 Å². The van der Waals surface area contributed by atoms with Gasteiger partial charge >= 0.3 is 0 Å². The number of furan rings is 1. The highest BCUT2D eigenvalue weighted by Gasteiger charge is 2.28. The fourth-order valence-corrected chi connectivity index (χ4v) is 3.74. The number of hydrogen-bond donors (Lipinski definition) is 0. The fourth-order valence-electron chi connectivity index (χ4n) is 2.79. The molecule has 108 valence electrons. The first-order valence-electron chi connectivity index (χ1n) is 6.98. The second-order valence-electron chi connectivity index (χ2n) is 5.08. The van der Waals surface area contributed by atoms with Gasteiger partial charge in [0.25, 0.3) is 5.56 Å². The van der Waals surface area contributed by atoms with Crippen molar-refractivity contribution in [2.45, 2.75) is 25.3 Å². The SMILES string of the molecule is O=c1ccnc2sc(N3CCCCC3c3ccco3)nn12. The van der Waals surface area contributed by atoms with Gasteiger partial charge in [-0.2, -0.15) is 4.52 Å². The quantitative estimate of drug-likeness (QED) is 0.727. The topological polar surface area (TPSA) is 63.6 Å². The van der Waals surface area contributed by atoms with Gasteiger partial charge in [-0.3, -0.25) is 4.79 Å². The molecule has 1 atom stereocenters. The summed E-state index contributed by atoms with van der Waals surface area (Å²) in [6.07, 6.45) is 6.55.